The topological polar surface area (TPSA) is 34.1 Å². The van der Waals surface area contributed by atoms with Crippen molar-refractivity contribution in [1.29, 1.82) is 0 Å². The summed E-state index contributed by atoms with van der Waals surface area (Å²) in [6.45, 7) is 4.90. The average Bonchev–Trinajstić information content (AvgIpc) is 2.97. The van der Waals surface area contributed by atoms with Gasteiger partial charge < -0.3 is 10.1 Å². The third-order valence-corrected chi connectivity index (χ3v) is 4.28. The van der Waals surface area contributed by atoms with Gasteiger partial charge in [0, 0.05) is 12.5 Å². The molecule has 1 saturated heterocycles. The largest absolute Gasteiger partial charge is 0.494 e. The van der Waals surface area contributed by atoms with Crippen molar-refractivity contribution in [3.05, 3.63) is 23.2 Å². The third-order valence-electron chi connectivity index (χ3n) is 3.10. The van der Waals surface area contributed by atoms with Gasteiger partial charge in [0.05, 0.1) is 21.8 Å². The first-order valence-corrected chi connectivity index (χ1v) is 6.92. The first kappa shape index (κ1) is 11.0. The summed E-state index contributed by atoms with van der Waals surface area (Å²) < 4.78 is 6.75. The van der Waals surface area contributed by atoms with Crippen LogP contribution in [0.15, 0.2) is 18.2 Å². The molecular formula is C13H16N2OS. The third kappa shape index (κ3) is 2.15. The summed E-state index contributed by atoms with van der Waals surface area (Å²) in [5.74, 6) is 1.54. The minimum absolute atomic E-state index is 0.600. The molecule has 90 valence electrons. The molecule has 1 N–H and O–H groups in total. The fraction of sp³-hybridized carbons (Fsp3) is 0.462. The van der Waals surface area contributed by atoms with Crippen LogP contribution in [0.3, 0.4) is 0 Å². The van der Waals surface area contributed by atoms with Crippen LogP contribution in [0.4, 0.5) is 0 Å². The predicted molar refractivity (Wildman–Crippen MR) is 71.0 cm³/mol. The molecule has 0 saturated carbocycles. The van der Waals surface area contributed by atoms with Crippen molar-refractivity contribution >= 4 is 21.6 Å². The van der Waals surface area contributed by atoms with E-state index in [1.807, 2.05) is 13.0 Å². The highest BCUT2D eigenvalue weighted by molar-refractivity contribution is 7.18. The van der Waals surface area contributed by atoms with E-state index in [1.54, 1.807) is 11.3 Å². The zero-order valence-electron chi connectivity index (χ0n) is 9.90. The molecule has 1 aromatic carbocycles. The summed E-state index contributed by atoms with van der Waals surface area (Å²) >= 11 is 1.80. The highest BCUT2D eigenvalue weighted by Crippen LogP contribution is 2.32. The molecule has 4 heteroatoms. The Balaban J connectivity index is 1.94. The van der Waals surface area contributed by atoms with Crippen LogP contribution in [-0.4, -0.2) is 24.7 Å². The zero-order valence-corrected chi connectivity index (χ0v) is 10.7. The highest BCUT2D eigenvalue weighted by atomic mass is 32.1. The number of thiazole rings is 1. The minimum Gasteiger partial charge on any atom is -0.494 e. The molecule has 0 spiro atoms. The van der Waals surface area contributed by atoms with Gasteiger partial charge in [-0.2, -0.15) is 0 Å². The Kier molecular flexibility index (Phi) is 2.99. The van der Waals surface area contributed by atoms with E-state index >= 15 is 0 Å². The van der Waals surface area contributed by atoms with Gasteiger partial charge >= 0.3 is 0 Å². The average molecular weight is 248 g/mol. The standard InChI is InChI=1S/C13H16N2OS/c1-2-16-10-3-4-11-12(7-10)17-13(15-11)9-5-6-14-8-9/h3-4,7,9,14H,2,5-6,8H2,1H3. The van der Waals surface area contributed by atoms with Gasteiger partial charge in [-0.3, -0.25) is 0 Å². The molecule has 0 aliphatic carbocycles. The number of nitrogens with zero attached hydrogens (tertiary/aromatic N) is 1. The number of fused-ring (bicyclic) bond motifs is 1. The summed E-state index contributed by atoms with van der Waals surface area (Å²) in [6.07, 6.45) is 1.21. The van der Waals surface area contributed by atoms with Crippen LogP contribution >= 0.6 is 11.3 Å². The Bertz CT molecular complexity index is 517. The summed E-state index contributed by atoms with van der Waals surface area (Å²) in [4.78, 5) is 4.72. The number of nitrogens with one attached hydrogen (secondary N) is 1. The lowest BCUT2D eigenvalue weighted by molar-refractivity contribution is 0.341. The smallest absolute Gasteiger partial charge is 0.120 e. The van der Waals surface area contributed by atoms with E-state index in [0.717, 1.165) is 24.4 Å². The molecule has 2 heterocycles. The van der Waals surface area contributed by atoms with Gasteiger partial charge in [0.1, 0.15) is 5.75 Å². The van der Waals surface area contributed by atoms with E-state index in [9.17, 15) is 0 Å². The van der Waals surface area contributed by atoms with E-state index in [1.165, 1.54) is 16.1 Å². The molecule has 3 nitrogen and oxygen atoms in total. The van der Waals surface area contributed by atoms with Crippen LogP contribution < -0.4 is 10.1 Å². The molecular weight excluding hydrogens is 232 g/mol. The zero-order chi connectivity index (χ0) is 11.7. The van der Waals surface area contributed by atoms with Crippen LogP contribution in [-0.2, 0) is 0 Å². The van der Waals surface area contributed by atoms with Crippen molar-refractivity contribution in [2.45, 2.75) is 19.3 Å². The van der Waals surface area contributed by atoms with Crippen molar-refractivity contribution in [2.24, 2.45) is 0 Å². The first-order chi connectivity index (χ1) is 8.36. The van der Waals surface area contributed by atoms with Crippen molar-refractivity contribution in [1.82, 2.24) is 10.3 Å². The maximum atomic E-state index is 5.52. The number of aromatic nitrogens is 1. The highest BCUT2D eigenvalue weighted by Gasteiger charge is 2.20. The molecule has 1 aromatic heterocycles. The van der Waals surface area contributed by atoms with Crippen LogP contribution in [0, 0.1) is 0 Å². The van der Waals surface area contributed by atoms with E-state index in [4.69, 9.17) is 9.72 Å². The van der Waals surface area contributed by atoms with Gasteiger partial charge in [-0.15, -0.1) is 11.3 Å². The second-order valence-electron chi connectivity index (χ2n) is 4.30. The summed E-state index contributed by atoms with van der Waals surface area (Å²) in [5.41, 5.74) is 1.10. The molecule has 1 aliphatic rings. The molecule has 1 atom stereocenters. The van der Waals surface area contributed by atoms with Crippen molar-refractivity contribution < 1.29 is 4.74 Å². The lowest BCUT2D eigenvalue weighted by Crippen LogP contribution is -2.07. The second-order valence-corrected chi connectivity index (χ2v) is 5.37. The number of benzene rings is 1. The lowest BCUT2D eigenvalue weighted by atomic mass is 10.1. The van der Waals surface area contributed by atoms with Gasteiger partial charge in [0.25, 0.3) is 0 Å². The maximum absolute atomic E-state index is 5.52. The second kappa shape index (κ2) is 4.63. The fourth-order valence-corrected chi connectivity index (χ4v) is 3.35. The lowest BCUT2D eigenvalue weighted by Gasteiger charge is -2.00. The summed E-state index contributed by atoms with van der Waals surface area (Å²) in [7, 11) is 0. The predicted octanol–water partition coefficient (Wildman–Crippen LogP) is 2.77. The Morgan fingerprint density at radius 3 is 3.24 bits per heavy atom. The van der Waals surface area contributed by atoms with E-state index in [0.29, 0.717) is 12.5 Å². The molecule has 1 unspecified atom stereocenters. The quantitative estimate of drug-likeness (QED) is 0.907. The van der Waals surface area contributed by atoms with E-state index in [2.05, 4.69) is 17.4 Å². The van der Waals surface area contributed by atoms with E-state index in [-0.39, 0.29) is 0 Å². The normalized spacial score (nSPS) is 19.9. The number of hydrogen-bond acceptors (Lipinski definition) is 4. The number of rotatable bonds is 3. The fourth-order valence-electron chi connectivity index (χ4n) is 2.22. The van der Waals surface area contributed by atoms with Crippen molar-refractivity contribution in [3.63, 3.8) is 0 Å². The molecule has 3 rings (SSSR count). The first-order valence-electron chi connectivity index (χ1n) is 6.11. The molecule has 2 aromatic rings. The van der Waals surface area contributed by atoms with Gasteiger partial charge in [-0.25, -0.2) is 4.98 Å². The van der Waals surface area contributed by atoms with Crippen LogP contribution in [0.5, 0.6) is 5.75 Å². The summed E-state index contributed by atoms with van der Waals surface area (Å²) in [5, 5.41) is 4.65. The van der Waals surface area contributed by atoms with Crippen molar-refractivity contribution in [2.75, 3.05) is 19.7 Å². The Hall–Kier alpha value is -1.13. The Morgan fingerprint density at radius 1 is 1.53 bits per heavy atom. The maximum Gasteiger partial charge on any atom is 0.120 e. The van der Waals surface area contributed by atoms with Crippen LogP contribution in [0.1, 0.15) is 24.3 Å². The monoisotopic (exact) mass is 248 g/mol. The molecule has 0 radical (unpaired) electrons. The van der Waals surface area contributed by atoms with Crippen LogP contribution in [0.2, 0.25) is 0 Å². The Morgan fingerprint density at radius 2 is 2.47 bits per heavy atom. The van der Waals surface area contributed by atoms with Crippen molar-refractivity contribution in [3.8, 4) is 5.75 Å². The van der Waals surface area contributed by atoms with E-state index < -0.39 is 0 Å². The summed E-state index contributed by atoms with van der Waals surface area (Å²) in [6, 6.07) is 6.16. The van der Waals surface area contributed by atoms with Gasteiger partial charge in [0.2, 0.25) is 0 Å². The van der Waals surface area contributed by atoms with Gasteiger partial charge in [-0.1, -0.05) is 0 Å². The molecule has 0 bridgehead atoms. The number of hydrogen-bond donors (Lipinski definition) is 1. The number of ether oxygens (including phenoxy) is 1. The van der Waals surface area contributed by atoms with Crippen LogP contribution in [0.25, 0.3) is 10.2 Å². The molecule has 1 aliphatic heterocycles. The molecule has 1 fully saturated rings. The Labute approximate surface area is 105 Å². The minimum atomic E-state index is 0.600. The molecule has 17 heavy (non-hydrogen) atoms. The van der Waals surface area contributed by atoms with Gasteiger partial charge in [0.15, 0.2) is 0 Å². The van der Waals surface area contributed by atoms with Gasteiger partial charge in [-0.05, 0) is 38.1 Å². The SMILES string of the molecule is CCOc1ccc2nc(C3CCNC3)sc2c1. The molecule has 0 amide bonds.